The summed E-state index contributed by atoms with van der Waals surface area (Å²) in [6, 6.07) is -0.620. The number of halogens is 3. The Morgan fingerprint density at radius 2 is 2.12 bits per heavy atom. The van der Waals surface area contributed by atoms with E-state index in [-0.39, 0.29) is 18.2 Å². The molecule has 7 nitrogen and oxygen atoms in total. The smallest absolute Gasteiger partial charge is 0.389 e. The van der Waals surface area contributed by atoms with Crippen molar-refractivity contribution in [1.82, 2.24) is 20.8 Å². The van der Waals surface area contributed by atoms with Crippen LogP contribution in [0.1, 0.15) is 37.7 Å². The van der Waals surface area contributed by atoms with Gasteiger partial charge in [-0.2, -0.15) is 18.3 Å². The standard InChI is InChI=1S/C16H23F3N4O3/c17-16(18,19)5-3-14(25)23-12-2-1-11(7-13(12)24)15(26)20-6-4-10-8-21-22-9-10/h8-9,11-13,24H,1-7H2,(H,20,26)(H,21,22)(H,23,25)/t11-,12-,13-/m0/s1. The van der Waals surface area contributed by atoms with Crippen molar-refractivity contribution in [2.45, 2.75) is 56.8 Å². The van der Waals surface area contributed by atoms with E-state index in [4.69, 9.17) is 0 Å². The largest absolute Gasteiger partial charge is 0.391 e. The Bertz CT molecular complexity index is 592. The van der Waals surface area contributed by atoms with Crippen molar-refractivity contribution < 1.29 is 27.9 Å². The molecule has 26 heavy (non-hydrogen) atoms. The zero-order valence-corrected chi connectivity index (χ0v) is 14.2. The van der Waals surface area contributed by atoms with Crippen LogP contribution >= 0.6 is 0 Å². The molecule has 146 valence electrons. The quantitative estimate of drug-likeness (QED) is 0.571. The number of alkyl halides is 3. The van der Waals surface area contributed by atoms with Gasteiger partial charge in [0.1, 0.15) is 0 Å². The Kier molecular flexibility index (Phi) is 7.01. The number of aromatic nitrogens is 2. The monoisotopic (exact) mass is 376 g/mol. The Morgan fingerprint density at radius 3 is 2.73 bits per heavy atom. The van der Waals surface area contributed by atoms with Crippen LogP contribution in [0.25, 0.3) is 0 Å². The van der Waals surface area contributed by atoms with Crippen LogP contribution in [-0.4, -0.2) is 52.0 Å². The number of aliphatic hydroxyl groups excluding tert-OH is 1. The number of aromatic amines is 1. The number of carbonyl (C=O) groups excluding carboxylic acids is 2. The van der Waals surface area contributed by atoms with E-state index in [0.717, 1.165) is 5.56 Å². The summed E-state index contributed by atoms with van der Waals surface area (Å²) >= 11 is 0. The van der Waals surface area contributed by atoms with Gasteiger partial charge in [-0.3, -0.25) is 14.7 Å². The molecule has 1 aromatic rings. The molecule has 0 saturated heterocycles. The minimum absolute atomic E-state index is 0.168. The van der Waals surface area contributed by atoms with E-state index in [2.05, 4.69) is 20.8 Å². The van der Waals surface area contributed by atoms with Gasteiger partial charge in [0.25, 0.3) is 0 Å². The number of hydrogen-bond acceptors (Lipinski definition) is 4. The molecule has 10 heteroatoms. The van der Waals surface area contributed by atoms with Gasteiger partial charge in [0.05, 0.1) is 24.8 Å². The van der Waals surface area contributed by atoms with Crippen molar-refractivity contribution in [3.63, 3.8) is 0 Å². The van der Waals surface area contributed by atoms with Gasteiger partial charge in [0.2, 0.25) is 11.8 Å². The molecule has 1 saturated carbocycles. The van der Waals surface area contributed by atoms with Crippen LogP contribution in [0, 0.1) is 5.92 Å². The molecule has 1 fully saturated rings. The van der Waals surface area contributed by atoms with Gasteiger partial charge >= 0.3 is 6.18 Å². The molecule has 1 heterocycles. The number of aliphatic hydroxyl groups is 1. The van der Waals surface area contributed by atoms with Crippen molar-refractivity contribution in [3.8, 4) is 0 Å². The lowest BCUT2D eigenvalue weighted by Crippen LogP contribution is -2.49. The Balaban J connectivity index is 1.69. The zero-order valence-electron chi connectivity index (χ0n) is 14.2. The molecule has 0 bridgehead atoms. The molecule has 1 aliphatic rings. The molecular weight excluding hydrogens is 353 g/mol. The van der Waals surface area contributed by atoms with Crippen LogP contribution in [0.2, 0.25) is 0 Å². The molecule has 0 spiro atoms. The average molecular weight is 376 g/mol. The third kappa shape index (κ3) is 6.66. The molecule has 3 atom stereocenters. The third-order valence-electron chi connectivity index (χ3n) is 4.44. The number of nitrogens with zero attached hydrogens (tertiary/aromatic N) is 1. The molecule has 2 amide bonds. The van der Waals surface area contributed by atoms with Crippen molar-refractivity contribution in [2.24, 2.45) is 5.92 Å². The molecule has 0 aromatic carbocycles. The predicted octanol–water partition coefficient (Wildman–Crippen LogP) is 1.06. The molecular formula is C16H23F3N4O3. The average Bonchev–Trinajstić information content (AvgIpc) is 3.07. The van der Waals surface area contributed by atoms with Crippen LogP contribution in [0.4, 0.5) is 13.2 Å². The van der Waals surface area contributed by atoms with Gasteiger partial charge in [-0.1, -0.05) is 0 Å². The third-order valence-corrected chi connectivity index (χ3v) is 4.44. The van der Waals surface area contributed by atoms with E-state index in [9.17, 15) is 27.9 Å². The highest BCUT2D eigenvalue weighted by Crippen LogP contribution is 2.26. The van der Waals surface area contributed by atoms with Gasteiger partial charge in [0, 0.05) is 25.1 Å². The van der Waals surface area contributed by atoms with E-state index < -0.39 is 37.1 Å². The number of hydrogen-bond donors (Lipinski definition) is 4. The number of H-pyrrole nitrogens is 1. The summed E-state index contributed by atoms with van der Waals surface area (Å²) in [4.78, 5) is 23.7. The highest BCUT2D eigenvalue weighted by atomic mass is 19.4. The second kappa shape index (κ2) is 9.02. The van der Waals surface area contributed by atoms with Crippen molar-refractivity contribution in [1.29, 1.82) is 0 Å². The Hall–Kier alpha value is -2.10. The Labute approximate surface area is 148 Å². The van der Waals surface area contributed by atoms with E-state index in [1.165, 1.54) is 0 Å². The fourth-order valence-electron chi connectivity index (χ4n) is 2.98. The molecule has 0 aliphatic heterocycles. The van der Waals surface area contributed by atoms with E-state index in [1.807, 2.05) is 0 Å². The second-order valence-electron chi connectivity index (χ2n) is 6.51. The summed E-state index contributed by atoms with van der Waals surface area (Å²) < 4.78 is 36.4. The van der Waals surface area contributed by atoms with Gasteiger partial charge in [-0.15, -0.1) is 0 Å². The molecule has 1 aromatic heterocycles. The molecule has 0 unspecified atom stereocenters. The first-order chi connectivity index (χ1) is 12.2. The second-order valence-corrected chi connectivity index (χ2v) is 6.51. The predicted molar refractivity (Wildman–Crippen MR) is 85.9 cm³/mol. The van der Waals surface area contributed by atoms with Crippen molar-refractivity contribution in [3.05, 3.63) is 18.0 Å². The van der Waals surface area contributed by atoms with Crippen molar-refractivity contribution >= 4 is 11.8 Å². The molecule has 4 N–H and O–H groups in total. The minimum atomic E-state index is -4.39. The van der Waals surface area contributed by atoms with Crippen molar-refractivity contribution in [2.75, 3.05) is 6.54 Å². The highest BCUT2D eigenvalue weighted by Gasteiger charge is 2.34. The van der Waals surface area contributed by atoms with Crippen LogP contribution < -0.4 is 10.6 Å². The van der Waals surface area contributed by atoms with Gasteiger partial charge in [0.15, 0.2) is 0 Å². The molecule has 0 radical (unpaired) electrons. The lowest BCUT2D eigenvalue weighted by atomic mass is 9.83. The normalized spacial score (nSPS) is 23.5. The number of carbonyl (C=O) groups is 2. The first-order valence-corrected chi connectivity index (χ1v) is 8.54. The minimum Gasteiger partial charge on any atom is -0.391 e. The summed E-state index contributed by atoms with van der Waals surface area (Å²) in [6.45, 7) is 0.447. The van der Waals surface area contributed by atoms with Gasteiger partial charge < -0.3 is 15.7 Å². The van der Waals surface area contributed by atoms with Gasteiger partial charge in [-0.05, 0) is 31.2 Å². The van der Waals surface area contributed by atoms with E-state index in [1.54, 1.807) is 12.4 Å². The van der Waals surface area contributed by atoms with Gasteiger partial charge in [-0.25, -0.2) is 0 Å². The van der Waals surface area contributed by atoms with Crippen LogP contribution in [0.5, 0.6) is 0 Å². The highest BCUT2D eigenvalue weighted by molar-refractivity contribution is 5.79. The summed E-state index contributed by atoms with van der Waals surface area (Å²) in [5.41, 5.74) is 0.968. The summed E-state index contributed by atoms with van der Waals surface area (Å²) in [5.74, 6) is -1.29. The van der Waals surface area contributed by atoms with E-state index in [0.29, 0.717) is 25.8 Å². The van der Waals surface area contributed by atoms with Crippen LogP contribution in [-0.2, 0) is 16.0 Å². The fraction of sp³-hybridized carbons (Fsp3) is 0.688. The number of amides is 2. The topological polar surface area (TPSA) is 107 Å². The summed E-state index contributed by atoms with van der Waals surface area (Å²) in [7, 11) is 0. The molecule has 2 rings (SSSR count). The first kappa shape index (κ1) is 20.2. The van der Waals surface area contributed by atoms with E-state index >= 15 is 0 Å². The maximum Gasteiger partial charge on any atom is 0.389 e. The zero-order chi connectivity index (χ0) is 19.2. The lowest BCUT2D eigenvalue weighted by Gasteiger charge is -2.33. The number of rotatable bonds is 7. The first-order valence-electron chi connectivity index (χ1n) is 8.54. The Morgan fingerprint density at radius 1 is 1.35 bits per heavy atom. The fourth-order valence-corrected chi connectivity index (χ4v) is 2.98. The summed E-state index contributed by atoms with van der Waals surface area (Å²) in [5, 5.41) is 21.8. The maximum absolute atomic E-state index is 12.2. The van der Waals surface area contributed by atoms with Crippen LogP contribution in [0.3, 0.4) is 0 Å². The summed E-state index contributed by atoms with van der Waals surface area (Å²) in [6.07, 6.45) is -2.18. The lowest BCUT2D eigenvalue weighted by molar-refractivity contribution is -0.145. The maximum atomic E-state index is 12.2. The number of nitrogens with one attached hydrogen (secondary N) is 3. The van der Waals surface area contributed by atoms with Crippen LogP contribution in [0.15, 0.2) is 12.4 Å². The molecule has 1 aliphatic carbocycles. The SMILES string of the molecule is O=C(CCC(F)(F)F)N[C@H]1CC[C@H](C(=O)NCCc2cn[nH]c2)C[C@@H]1O.